The number of rotatable bonds is 4. The van der Waals surface area contributed by atoms with Gasteiger partial charge in [-0.2, -0.15) is 4.99 Å². The molecular formula is C15H15N4O3S+. The van der Waals surface area contributed by atoms with Crippen molar-refractivity contribution in [2.75, 3.05) is 10.7 Å². The van der Waals surface area contributed by atoms with E-state index in [0.29, 0.717) is 17.4 Å². The van der Waals surface area contributed by atoms with E-state index >= 15 is 0 Å². The maximum absolute atomic E-state index is 12.1. The molecule has 2 aromatic rings. The lowest BCUT2D eigenvalue weighted by molar-refractivity contribution is -0.694. The fourth-order valence-corrected chi connectivity index (χ4v) is 3.21. The number of hydrogen-bond donors (Lipinski definition) is 2. The number of aromatic carboxylic acids is 1. The van der Waals surface area contributed by atoms with Crippen LogP contribution in [0, 0.1) is 0 Å². The van der Waals surface area contributed by atoms with Gasteiger partial charge < -0.3 is 5.11 Å². The van der Waals surface area contributed by atoms with E-state index in [1.807, 2.05) is 37.3 Å². The molecule has 1 aromatic heterocycles. The molecule has 1 aliphatic heterocycles. The van der Waals surface area contributed by atoms with Crippen molar-refractivity contribution in [2.45, 2.75) is 13.5 Å². The van der Waals surface area contributed by atoms with Crippen molar-refractivity contribution in [1.82, 2.24) is 4.98 Å². The first-order valence-electron chi connectivity index (χ1n) is 7.05. The number of thioether (sulfide) groups is 1. The minimum Gasteiger partial charge on any atom is -0.475 e. The first-order valence-corrected chi connectivity index (χ1v) is 8.04. The molecule has 23 heavy (non-hydrogen) atoms. The molecule has 1 saturated heterocycles. The molecule has 0 unspecified atom stereocenters. The van der Waals surface area contributed by atoms with Gasteiger partial charge in [0.2, 0.25) is 12.2 Å². The molecule has 3 rings (SSSR count). The highest BCUT2D eigenvalue weighted by molar-refractivity contribution is 8.15. The SMILES string of the molecule is CC[n+]1c[nH]c(/N=C2\SCC(=O)N2c2ccccc2)c1C(=O)O. The van der Waals surface area contributed by atoms with Gasteiger partial charge in [0, 0.05) is 0 Å². The van der Waals surface area contributed by atoms with Crippen LogP contribution in [0.3, 0.4) is 0 Å². The largest absolute Gasteiger partial charge is 0.475 e. The van der Waals surface area contributed by atoms with Crippen LogP contribution in [0.4, 0.5) is 11.5 Å². The predicted molar refractivity (Wildman–Crippen MR) is 87.1 cm³/mol. The van der Waals surface area contributed by atoms with Crippen LogP contribution in [0.15, 0.2) is 41.7 Å². The van der Waals surface area contributed by atoms with Gasteiger partial charge in [-0.3, -0.25) is 9.69 Å². The van der Waals surface area contributed by atoms with Crippen molar-refractivity contribution in [3.63, 3.8) is 0 Å². The average molecular weight is 331 g/mol. The topological polar surface area (TPSA) is 89.6 Å². The second-order valence-corrected chi connectivity index (χ2v) is 5.75. The molecule has 118 valence electrons. The van der Waals surface area contributed by atoms with Gasteiger partial charge in [-0.15, -0.1) is 0 Å². The average Bonchev–Trinajstić information content (AvgIpc) is 3.12. The lowest BCUT2D eigenvalue weighted by Gasteiger charge is -2.15. The Kier molecular flexibility index (Phi) is 4.16. The summed E-state index contributed by atoms with van der Waals surface area (Å²) in [7, 11) is 0. The summed E-state index contributed by atoms with van der Waals surface area (Å²) in [5.74, 6) is -0.623. The highest BCUT2D eigenvalue weighted by Crippen LogP contribution is 2.28. The number of imidazole rings is 1. The highest BCUT2D eigenvalue weighted by Gasteiger charge is 2.32. The molecule has 1 fully saturated rings. The Morgan fingerprint density at radius 2 is 2.17 bits per heavy atom. The standard InChI is InChI=1S/C15H14N4O3S/c1-2-18-9-16-13(12(18)14(21)22)17-15-19(11(20)8-23-15)10-6-4-3-5-7-10/h3-7,9H,2,8H2,1H3,(H,21,22)/p+1/b17-15-. The van der Waals surface area contributed by atoms with Gasteiger partial charge in [0.05, 0.1) is 18.0 Å². The number of aliphatic imine (C=N–C) groups is 1. The molecule has 0 radical (unpaired) electrons. The van der Waals surface area contributed by atoms with Crippen LogP contribution >= 0.6 is 11.8 Å². The third-order valence-corrected chi connectivity index (χ3v) is 4.32. The number of carboxylic acids is 1. The van der Waals surface area contributed by atoms with Crippen molar-refractivity contribution in [3.8, 4) is 0 Å². The Balaban J connectivity index is 2.04. The molecule has 1 aliphatic rings. The number of carbonyl (C=O) groups is 2. The summed E-state index contributed by atoms with van der Waals surface area (Å²) in [5, 5.41) is 9.84. The van der Waals surface area contributed by atoms with Gasteiger partial charge in [0.1, 0.15) is 0 Å². The van der Waals surface area contributed by atoms with Gasteiger partial charge in [0.15, 0.2) is 5.17 Å². The van der Waals surface area contributed by atoms with Crippen LogP contribution in [0.2, 0.25) is 0 Å². The van der Waals surface area contributed by atoms with Gasteiger partial charge in [0.25, 0.3) is 11.5 Å². The molecule has 0 atom stereocenters. The second-order valence-electron chi connectivity index (χ2n) is 4.81. The smallest absolute Gasteiger partial charge is 0.382 e. The van der Waals surface area contributed by atoms with Crippen molar-refractivity contribution in [3.05, 3.63) is 42.4 Å². The second kappa shape index (κ2) is 6.25. The maximum Gasteiger partial charge on any atom is 0.382 e. The quantitative estimate of drug-likeness (QED) is 0.836. The lowest BCUT2D eigenvalue weighted by Crippen LogP contribution is -2.36. The van der Waals surface area contributed by atoms with Crippen LogP contribution < -0.4 is 9.47 Å². The number of nitrogens with zero attached hydrogens (tertiary/aromatic N) is 3. The number of carboxylic acid groups (broad SMARTS) is 1. The number of hydrogen-bond acceptors (Lipinski definition) is 4. The Morgan fingerprint density at radius 3 is 2.83 bits per heavy atom. The lowest BCUT2D eigenvalue weighted by atomic mass is 10.3. The van der Waals surface area contributed by atoms with Gasteiger partial charge in [-0.25, -0.2) is 14.3 Å². The number of H-pyrrole nitrogens is 1. The number of benzene rings is 1. The zero-order valence-corrected chi connectivity index (χ0v) is 13.2. The van der Waals surface area contributed by atoms with Crippen LogP contribution in [-0.4, -0.2) is 32.9 Å². The van der Waals surface area contributed by atoms with Gasteiger partial charge >= 0.3 is 5.97 Å². The number of aromatic amines is 1. The number of carbonyl (C=O) groups excluding carboxylic acids is 1. The predicted octanol–water partition coefficient (Wildman–Crippen LogP) is 1.79. The highest BCUT2D eigenvalue weighted by atomic mass is 32.2. The monoisotopic (exact) mass is 331 g/mol. The molecular weight excluding hydrogens is 316 g/mol. The van der Waals surface area contributed by atoms with Crippen LogP contribution in [0.25, 0.3) is 0 Å². The summed E-state index contributed by atoms with van der Waals surface area (Å²) in [6, 6.07) is 9.18. The molecule has 0 saturated carbocycles. The van der Waals surface area contributed by atoms with Crippen molar-refractivity contribution >= 4 is 40.3 Å². The molecule has 7 nitrogen and oxygen atoms in total. The van der Waals surface area contributed by atoms with Crippen LogP contribution in [-0.2, 0) is 11.3 Å². The molecule has 1 amide bonds. The van der Waals surface area contributed by atoms with Gasteiger partial charge in [-0.05, 0) is 19.1 Å². The number of nitrogens with one attached hydrogen (secondary N) is 1. The van der Waals surface area contributed by atoms with Gasteiger partial charge in [-0.1, -0.05) is 30.0 Å². The van der Waals surface area contributed by atoms with E-state index in [9.17, 15) is 14.7 Å². The Hall–Kier alpha value is -2.61. The Bertz CT molecular complexity index is 785. The van der Waals surface area contributed by atoms with E-state index in [-0.39, 0.29) is 23.2 Å². The van der Waals surface area contributed by atoms with Crippen LogP contribution in [0.1, 0.15) is 17.4 Å². The third-order valence-electron chi connectivity index (χ3n) is 3.40. The number of anilines is 1. The molecule has 0 bridgehead atoms. The normalized spacial score (nSPS) is 16.3. The van der Waals surface area contributed by atoms with Crippen molar-refractivity contribution in [2.24, 2.45) is 4.99 Å². The third kappa shape index (κ3) is 2.85. The Morgan fingerprint density at radius 1 is 1.43 bits per heavy atom. The summed E-state index contributed by atoms with van der Waals surface area (Å²) < 4.78 is 1.57. The van der Waals surface area contributed by atoms with E-state index in [0.717, 1.165) is 0 Å². The summed E-state index contributed by atoms with van der Waals surface area (Å²) in [6.07, 6.45) is 1.57. The minimum atomic E-state index is -1.06. The number of aromatic nitrogens is 2. The zero-order chi connectivity index (χ0) is 16.4. The molecule has 2 N–H and O–H groups in total. The Labute approximate surface area is 136 Å². The summed E-state index contributed by atoms with van der Waals surface area (Å²) in [4.78, 5) is 32.4. The van der Waals surface area contributed by atoms with E-state index in [2.05, 4.69) is 9.98 Å². The maximum atomic E-state index is 12.1. The number of amides is 1. The van der Waals surface area contributed by atoms with E-state index < -0.39 is 5.97 Å². The summed E-state index contributed by atoms with van der Waals surface area (Å²) >= 11 is 1.29. The van der Waals surface area contributed by atoms with E-state index in [4.69, 9.17) is 0 Å². The van der Waals surface area contributed by atoms with E-state index in [1.165, 1.54) is 16.7 Å². The number of aryl methyl sites for hydroxylation is 1. The first-order chi connectivity index (χ1) is 11.1. The van der Waals surface area contributed by atoms with Crippen LogP contribution in [0.5, 0.6) is 0 Å². The van der Waals surface area contributed by atoms with E-state index in [1.54, 1.807) is 10.9 Å². The fraction of sp³-hybridized carbons (Fsp3) is 0.200. The van der Waals surface area contributed by atoms with Crippen molar-refractivity contribution in [1.29, 1.82) is 0 Å². The number of para-hydroxylation sites is 1. The van der Waals surface area contributed by atoms with Crippen molar-refractivity contribution < 1.29 is 19.3 Å². The number of amidine groups is 1. The molecule has 1 aromatic carbocycles. The fourth-order valence-electron chi connectivity index (χ4n) is 2.34. The molecule has 2 heterocycles. The molecule has 0 spiro atoms. The summed E-state index contributed by atoms with van der Waals surface area (Å²) in [6.45, 7) is 2.36. The summed E-state index contributed by atoms with van der Waals surface area (Å²) in [5.41, 5.74) is 0.793. The minimum absolute atomic E-state index is 0.0768. The molecule has 8 heteroatoms. The molecule has 0 aliphatic carbocycles. The first kappa shape index (κ1) is 15.3. The zero-order valence-electron chi connectivity index (χ0n) is 12.4.